The van der Waals surface area contributed by atoms with Crippen LogP contribution < -0.4 is 15.6 Å². The van der Waals surface area contributed by atoms with Crippen molar-refractivity contribution >= 4 is 17.6 Å². The number of hydrogen-bond acceptors (Lipinski definition) is 6. The second-order valence-corrected chi connectivity index (χ2v) is 8.13. The monoisotopic (exact) mass is 460 g/mol. The number of nitrogens with one attached hydrogen (secondary N) is 1. The van der Waals surface area contributed by atoms with Gasteiger partial charge in [0.1, 0.15) is 28.6 Å². The second kappa shape index (κ2) is 11.3. The van der Waals surface area contributed by atoms with E-state index >= 15 is 0 Å². The molecule has 0 unspecified atom stereocenters. The maximum absolute atomic E-state index is 13.3. The SMILES string of the molecule is Cc1ccc(Oc2nc3ccccn3c(=O)c2/C=C(\C#N)C(=O)NCCCOC(C)C)c(C)c1. The summed E-state index contributed by atoms with van der Waals surface area (Å²) in [6, 6.07) is 12.7. The molecule has 176 valence electrons. The average molecular weight is 461 g/mol. The highest BCUT2D eigenvalue weighted by Gasteiger charge is 2.17. The van der Waals surface area contributed by atoms with E-state index in [-0.39, 0.29) is 23.1 Å². The molecule has 0 aliphatic heterocycles. The second-order valence-electron chi connectivity index (χ2n) is 8.13. The van der Waals surface area contributed by atoms with Gasteiger partial charge >= 0.3 is 0 Å². The zero-order valence-electron chi connectivity index (χ0n) is 19.8. The lowest BCUT2D eigenvalue weighted by Crippen LogP contribution is -2.27. The predicted octanol–water partition coefficient (Wildman–Crippen LogP) is 3.94. The van der Waals surface area contributed by atoms with E-state index in [0.717, 1.165) is 11.1 Å². The predicted molar refractivity (Wildman–Crippen MR) is 130 cm³/mol. The largest absolute Gasteiger partial charge is 0.438 e. The van der Waals surface area contributed by atoms with Crippen LogP contribution >= 0.6 is 0 Å². The molecule has 8 nitrogen and oxygen atoms in total. The van der Waals surface area contributed by atoms with Gasteiger partial charge in [0.2, 0.25) is 5.88 Å². The fourth-order valence-corrected chi connectivity index (χ4v) is 3.28. The average Bonchev–Trinajstić information content (AvgIpc) is 2.80. The van der Waals surface area contributed by atoms with Gasteiger partial charge in [0.15, 0.2) is 0 Å². The highest BCUT2D eigenvalue weighted by atomic mass is 16.5. The summed E-state index contributed by atoms with van der Waals surface area (Å²) >= 11 is 0. The molecule has 0 saturated carbocycles. The summed E-state index contributed by atoms with van der Waals surface area (Å²) in [7, 11) is 0. The summed E-state index contributed by atoms with van der Waals surface area (Å²) in [5.41, 5.74) is 1.67. The summed E-state index contributed by atoms with van der Waals surface area (Å²) in [4.78, 5) is 30.3. The van der Waals surface area contributed by atoms with Crippen LogP contribution in [0.2, 0.25) is 0 Å². The number of aryl methyl sites for hydroxylation is 2. The number of fused-ring (bicyclic) bond motifs is 1. The molecular weight excluding hydrogens is 432 g/mol. The van der Waals surface area contributed by atoms with Crippen LogP contribution in [0.5, 0.6) is 11.6 Å². The van der Waals surface area contributed by atoms with Crippen LogP contribution in [-0.2, 0) is 9.53 Å². The molecule has 0 saturated heterocycles. The van der Waals surface area contributed by atoms with E-state index in [4.69, 9.17) is 9.47 Å². The molecule has 1 aromatic carbocycles. The summed E-state index contributed by atoms with van der Waals surface area (Å²) in [6.07, 6.45) is 3.51. The van der Waals surface area contributed by atoms with Crippen LogP contribution in [0.1, 0.15) is 37.0 Å². The molecule has 8 heteroatoms. The molecule has 34 heavy (non-hydrogen) atoms. The fraction of sp³-hybridized carbons (Fsp3) is 0.308. The Kier molecular flexibility index (Phi) is 8.17. The van der Waals surface area contributed by atoms with Gasteiger partial charge in [-0.3, -0.25) is 14.0 Å². The molecule has 0 fully saturated rings. The summed E-state index contributed by atoms with van der Waals surface area (Å²) in [6.45, 7) is 8.56. The van der Waals surface area contributed by atoms with Gasteiger partial charge in [-0.1, -0.05) is 23.8 Å². The Hall–Kier alpha value is -3.96. The lowest BCUT2D eigenvalue weighted by Gasteiger charge is -2.12. The molecule has 0 radical (unpaired) electrons. The molecule has 0 spiro atoms. The van der Waals surface area contributed by atoms with Crippen molar-refractivity contribution in [1.82, 2.24) is 14.7 Å². The molecule has 1 N–H and O–H groups in total. The van der Waals surface area contributed by atoms with E-state index in [2.05, 4.69) is 10.3 Å². The van der Waals surface area contributed by atoms with Crippen molar-refractivity contribution in [1.29, 1.82) is 5.26 Å². The Morgan fingerprint density at radius 1 is 1.26 bits per heavy atom. The first-order valence-corrected chi connectivity index (χ1v) is 11.1. The summed E-state index contributed by atoms with van der Waals surface area (Å²) in [5.74, 6) is -0.0309. The first-order valence-electron chi connectivity index (χ1n) is 11.1. The van der Waals surface area contributed by atoms with E-state index in [1.54, 1.807) is 30.5 Å². The number of nitrogens with zero attached hydrogens (tertiary/aromatic N) is 3. The van der Waals surface area contributed by atoms with E-state index in [1.165, 1.54) is 10.5 Å². The molecule has 1 amide bonds. The topological polar surface area (TPSA) is 106 Å². The van der Waals surface area contributed by atoms with Gasteiger partial charge in [-0.25, -0.2) is 0 Å². The van der Waals surface area contributed by atoms with Crippen LogP contribution in [0.15, 0.2) is 53.0 Å². The van der Waals surface area contributed by atoms with Crippen LogP contribution in [0.25, 0.3) is 11.7 Å². The molecule has 2 aromatic heterocycles. The number of nitriles is 1. The normalized spacial score (nSPS) is 11.5. The number of carbonyl (C=O) groups is 1. The highest BCUT2D eigenvalue weighted by Crippen LogP contribution is 2.27. The fourth-order valence-electron chi connectivity index (χ4n) is 3.28. The van der Waals surface area contributed by atoms with Gasteiger partial charge in [-0.2, -0.15) is 10.2 Å². The minimum atomic E-state index is -0.581. The van der Waals surface area contributed by atoms with E-state index in [9.17, 15) is 14.9 Å². The van der Waals surface area contributed by atoms with E-state index in [0.29, 0.717) is 31.0 Å². The molecule has 0 bridgehead atoms. The van der Waals surface area contributed by atoms with Gasteiger partial charge in [-0.05, 0) is 64.0 Å². The molecule has 0 aliphatic carbocycles. The van der Waals surface area contributed by atoms with Crippen molar-refractivity contribution in [2.75, 3.05) is 13.2 Å². The van der Waals surface area contributed by atoms with Crippen molar-refractivity contribution < 1.29 is 14.3 Å². The van der Waals surface area contributed by atoms with Crippen LogP contribution in [0.4, 0.5) is 0 Å². The number of amides is 1. The zero-order chi connectivity index (χ0) is 24.7. The standard InChI is InChI=1S/C26H28N4O4/c1-17(2)33-13-7-11-28-24(31)20(16-27)15-21-25(34-22-10-9-18(3)14-19(22)4)29-23-8-5-6-12-30(23)26(21)32/h5-6,8-10,12,14-15,17H,7,11,13H2,1-4H3,(H,28,31)/b20-15+. The summed E-state index contributed by atoms with van der Waals surface area (Å²) < 4.78 is 12.8. The van der Waals surface area contributed by atoms with Crippen molar-refractivity contribution in [3.05, 3.63) is 75.2 Å². The quantitative estimate of drug-likeness (QED) is 0.295. The zero-order valence-corrected chi connectivity index (χ0v) is 19.8. The lowest BCUT2D eigenvalue weighted by atomic mass is 10.1. The molecule has 2 heterocycles. The lowest BCUT2D eigenvalue weighted by molar-refractivity contribution is -0.117. The number of rotatable bonds is 9. The number of carbonyl (C=O) groups excluding carboxylic acids is 1. The molecule has 3 rings (SSSR count). The Morgan fingerprint density at radius 3 is 2.76 bits per heavy atom. The number of aromatic nitrogens is 2. The van der Waals surface area contributed by atoms with Gasteiger partial charge in [-0.15, -0.1) is 0 Å². The number of hydrogen-bond donors (Lipinski definition) is 1. The maximum atomic E-state index is 13.3. The van der Waals surface area contributed by atoms with Crippen molar-refractivity contribution in [3.8, 4) is 17.7 Å². The van der Waals surface area contributed by atoms with Crippen LogP contribution in [0.3, 0.4) is 0 Å². The Balaban J connectivity index is 1.97. The van der Waals surface area contributed by atoms with E-state index < -0.39 is 11.5 Å². The molecular formula is C26H28N4O4. The van der Waals surface area contributed by atoms with Gasteiger partial charge in [0, 0.05) is 19.3 Å². The van der Waals surface area contributed by atoms with Gasteiger partial charge < -0.3 is 14.8 Å². The Labute approximate surface area is 198 Å². The number of benzene rings is 1. The van der Waals surface area contributed by atoms with Gasteiger partial charge in [0.05, 0.1) is 6.10 Å². The Bertz CT molecular complexity index is 1320. The highest BCUT2D eigenvalue weighted by molar-refractivity contribution is 6.01. The molecule has 0 atom stereocenters. The van der Waals surface area contributed by atoms with E-state index in [1.807, 2.05) is 45.9 Å². The minimum Gasteiger partial charge on any atom is -0.438 e. The Morgan fingerprint density at radius 2 is 2.06 bits per heavy atom. The smallest absolute Gasteiger partial charge is 0.269 e. The number of ether oxygens (including phenoxy) is 2. The van der Waals surface area contributed by atoms with Crippen LogP contribution in [0, 0.1) is 25.2 Å². The van der Waals surface area contributed by atoms with Crippen LogP contribution in [-0.4, -0.2) is 34.5 Å². The first kappa shape index (κ1) is 24.7. The first-order chi connectivity index (χ1) is 16.3. The summed E-state index contributed by atoms with van der Waals surface area (Å²) in [5, 5.41) is 12.3. The van der Waals surface area contributed by atoms with Crippen molar-refractivity contribution in [3.63, 3.8) is 0 Å². The van der Waals surface area contributed by atoms with Crippen molar-refractivity contribution in [2.24, 2.45) is 0 Å². The molecule has 3 aromatic rings. The third kappa shape index (κ3) is 6.09. The van der Waals surface area contributed by atoms with Crippen molar-refractivity contribution in [2.45, 2.75) is 40.2 Å². The minimum absolute atomic E-state index is 0.0125. The maximum Gasteiger partial charge on any atom is 0.269 e. The third-order valence-electron chi connectivity index (χ3n) is 4.98. The number of pyridine rings is 1. The van der Waals surface area contributed by atoms with Gasteiger partial charge in [0.25, 0.3) is 11.5 Å². The third-order valence-corrected chi connectivity index (χ3v) is 4.98. The molecule has 0 aliphatic rings.